The van der Waals surface area contributed by atoms with Crippen LogP contribution >= 0.6 is 0 Å². The van der Waals surface area contributed by atoms with Gasteiger partial charge in [0, 0.05) is 11.3 Å². The topological polar surface area (TPSA) is 76.0 Å². The standard InChI is InChI=1S/C21H20N4O2/c1-13-8-9-17(14(2)10-13)23-19(26)11-18-21(27)24-20-16(12-22-25(18)20)15-6-4-3-5-7-15/h3-10,12,18H,11H2,1-2H3,(H,23,26)(H,24,27). The zero-order valence-corrected chi connectivity index (χ0v) is 15.2. The van der Waals surface area contributed by atoms with Gasteiger partial charge < -0.3 is 10.6 Å². The van der Waals surface area contributed by atoms with Crippen molar-refractivity contribution in [2.75, 3.05) is 10.6 Å². The maximum Gasteiger partial charge on any atom is 0.251 e. The molecule has 0 bridgehead atoms. The third kappa shape index (κ3) is 3.21. The molecule has 2 N–H and O–H groups in total. The zero-order chi connectivity index (χ0) is 19.0. The molecule has 1 aromatic heterocycles. The van der Waals surface area contributed by atoms with Crippen LogP contribution in [0.4, 0.5) is 11.5 Å². The average molecular weight is 360 g/mol. The summed E-state index contributed by atoms with van der Waals surface area (Å²) in [4.78, 5) is 24.9. The summed E-state index contributed by atoms with van der Waals surface area (Å²) in [6.45, 7) is 3.95. The van der Waals surface area contributed by atoms with Crippen molar-refractivity contribution in [1.82, 2.24) is 9.78 Å². The molecule has 136 valence electrons. The first-order valence-corrected chi connectivity index (χ1v) is 8.84. The lowest BCUT2D eigenvalue weighted by Crippen LogP contribution is -2.23. The van der Waals surface area contributed by atoms with Crippen LogP contribution in [0.15, 0.2) is 54.7 Å². The Hall–Kier alpha value is -3.41. The minimum atomic E-state index is -0.650. The number of anilines is 2. The molecular weight excluding hydrogens is 340 g/mol. The number of amides is 2. The summed E-state index contributed by atoms with van der Waals surface area (Å²) in [7, 11) is 0. The van der Waals surface area contributed by atoms with Crippen LogP contribution in [0.3, 0.4) is 0 Å². The van der Waals surface area contributed by atoms with Crippen LogP contribution in [0.25, 0.3) is 11.1 Å². The van der Waals surface area contributed by atoms with E-state index in [2.05, 4.69) is 15.7 Å². The molecule has 0 saturated heterocycles. The molecule has 1 unspecified atom stereocenters. The Morgan fingerprint density at radius 2 is 1.96 bits per heavy atom. The lowest BCUT2D eigenvalue weighted by molar-refractivity contribution is -0.123. The van der Waals surface area contributed by atoms with Gasteiger partial charge in [0.15, 0.2) is 0 Å². The molecule has 0 saturated carbocycles. The molecule has 3 aromatic rings. The Kier molecular flexibility index (Phi) is 4.24. The van der Waals surface area contributed by atoms with Crippen LogP contribution in [0.1, 0.15) is 23.6 Å². The highest BCUT2D eigenvalue weighted by atomic mass is 16.2. The van der Waals surface area contributed by atoms with Crippen molar-refractivity contribution in [2.24, 2.45) is 0 Å². The third-order valence-electron chi connectivity index (χ3n) is 4.75. The fraction of sp³-hybridized carbons (Fsp3) is 0.190. The molecule has 1 aliphatic rings. The summed E-state index contributed by atoms with van der Waals surface area (Å²) < 4.78 is 1.60. The van der Waals surface area contributed by atoms with Crippen LogP contribution in [0, 0.1) is 13.8 Å². The van der Waals surface area contributed by atoms with Crippen molar-refractivity contribution in [3.8, 4) is 11.1 Å². The van der Waals surface area contributed by atoms with E-state index < -0.39 is 6.04 Å². The third-order valence-corrected chi connectivity index (χ3v) is 4.75. The van der Waals surface area contributed by atoms with Gasteiger partial charge in [-0.2, -0.15) is 5.10 Å². The second-order valence-electron chi connectivity index (χ2n) is 6.79. The van der Waals surface area contributed by atoms with Crippen LogP contribution in [-0.2, 0) is 9.59 Å². The molecular formula is C21H20N4O2. The van der Waals surface area contributed by atoms with Crippen molar-refractivity contribution >= 4 is 23.3 Å². The van der Waals surface area contributed by atoms with Gasteiger partial charge in [0.25, 0.3) is 5.91 Å². The Morgan fingerprint density at radius 1 is 1.19 bits per heavy atom. The summed E-state index contributed by atoms with van der Waals surface area (Å²) >= 11 is 0. The van der Waals surface area contributed by atoms with E-state index in [-0.39, 0.29) is 18.2 Å². The van der Waals surface area contributed by atoms with Crippen LogP contribution in [0.2, 0.25) is 0 Å². The molecule has 0 fully saturated rings. The fourth-order valence-corrected chi connectivity index (χ4v) is 3.37. The van der Waals surface area contributed by atoms with E-state index in [1.807, 2.05) is 62.4 Å². The Bertz CT molecular complexity index is 1020. The fourth-order valence-electron chi connectivity index (χ4n) is 3.37. The van der Waals surface area contributed by atoms with Crippen molar-refractivity contribution < 1.29 is 9.59 Å². The molecule has 0 radical (unpaired) electrons. The van der Waals surface area contributed by atoms with Crippen molar-refractivity contribution in [2.45, 2.75) is 26.3 Å². The first-order valence-electron chi connectivity index (χ1n) is 8.84. The van der Waals surface area contributed by atoms with Gasteiger partial charge in [-0.1, -0.05) is 48.0 Å². The lowest BCUT2D eigenvalue weighted by atomic mass is 10.1. The molecule has 2 aromatic carbocycles. The van der Waals surface area contributed by atoms with E-state index in [4.69, 9.17) is 0 Å². The number of nitrogens with zero attached hydrogens (tertiary/aromatic N) is 2. The van der Waals surface area contributed by atoms with E-state index in [1.54, 1.807) is 10.9 Å². The number of fused-ring (bicyclic) bond motifs is 1. The normalized spacial score (nSPS) is 15.3. The lowest BCUT2D eigenvalue weighted by Gasteiger charge is -2.12. The van der Waals surface area contributed by atoms with Crippen molar-refractivity contribution in [3.05, 3.63) is 65.9 Å². The van der Waals surface area contributed by atoms with E-state index >= 15 is 0 Å². The van der Waals surface area contributed by atoms with E-state index in [0.717, 1.165) is 27.9 Å². The number of aryl methyl sites for hydroxylation is 2. The summed E-state index contributed by atoms with van der Waals surface area (Å²) in [5, 5.41) is 10.1. The van der Waals surface area contributed by atoms with Gasteiger partial charge in [-0.25, -0.2) is 4.68 Å². The van der Waals surface area contributed by atoms with Crippen LogP contribution in [-0.4, -0.2) is 21.6 Å². The highest BCUT2D eigenvalue weighted by Gasteiger charge is 2.35. The molecule has 2 amide bonds. The van der Waals surface area contributed by atoms with E-state index in [0.29, 0.717) is 5.82 Å². The first-order chi connectivity index (χ1) is 13.0. The predicted molar refractivity (Wildman–Crippen MR) is 104 cm³/mol. The Labute approximate surface area is 157 Å². The second kappa shape index (κ2) is 6.72. The summed E-state index contributed by atoms with van der Waals surface area (Å²) in [6, 6.07) is 14.9. The highest BCUT2D eigenvalue weighted by molar-refractivity contribution is 6.04. The molecule has 1 atom stereocenters. The zero-order valence-electron chi connectivity index (χ0n) is 15.2. The Balaban J connectivity index is 1.53. The van der Waals surface area contributed by atoms with E-state index in [1.165, 1.54) is 0 Å². The van der Waals surface area contributed by atoms with Gasteiger partial charge in [0.05, 0.1) is 12.6 Å². The van der Waals surface area contributed by atoms with Gasteiger partial charge in [-0.15, -0.1) is 0 Å². The predicted octanol–water partition coefficient (Wildman–Crippen LogP) is 3.69. The van der Waals surface area contributed by atoms with Gasteiger partial charge in [-0.3, -0.25) is 9.59 Å². The highest BCUT2D eigenvalue weighted by Crippen LogP contribution is 2.35. The monoisotopic (exact) mass is 360 g/mol. The number of rotatable bonds is 4. The summed E-state index contributed by atoms with van der Waals surface area (Å²) in [5.41, 5.74) is 4.70. The van der Waals surface area contributed by atoms with Crippen molar-refractivity contribution in [3.63, 3.8) is 0 Å². The summed E-state index contributed by atoms with van der Waals surface area (Å²) in [6.07, 6.45) is 1.75. The number of carbonyl (C=O) groups is 2. The molecule has 6 nitrogen and oxygen atoms in total. The van der Waals surface area contributed by atoms with Crippen LogP contribution < -0.4 is 10.6 Å². The average Bonchev–Trinajstić information content (AvgIpc) is 3.18. The van der Waals surface area contributed by atoms with Gasteiger partial charge in [0.2, 0.25) is 5.91 Å². The number of nitrogens with one attached hydrogen (secondary N) is 2. The van der Waals surface area contributed by atoms with Gasteiger partial charge in [0.1, 0.15) is 11.9 Å². The minimum Gasteiger partial charge on any atom is -0.326 e. The number of aromatic nitrogens is 2. The Morgan fingerprint density at radius 3 is 2.70 bits per heavy atom. The number of hydrogen-bond acceptors (Lipinski definition) is 3. The first kappa shape index (κ1) is 17.0. The van der Waals surface area contributed by atoms with Crippen molar-refractivity contribution in [1.29, 1.82) is 0 Å². The molecule has 4 rings (SSSR count). The molecule has 1 aliphatic heterocycles. The van der Waals surface area contributed by atoms with Gasteiger partial charge >= 0.3 is 0 Å². The molecule has 0 spiro atoms. The molecule has 27 heavy (non-hydrogen) atoms. The number of carbonyl (C=O) groups excluding carboxylic acids is 2. The molecule has 0 aliphatic carbocycles. The quantitative estimate of drug-likeness (QED) is 0.745. The summed E-state index contributed by atoms with van der Waals surface area (Å²) in [5.74, 6) is 0.202. The SMILES string of the molecule is Cc1ccc(NC(=O)CC2C(=O)Nc3c(-c4ccccc4)cnn32)c(C)c1. The van der Waals surface area contributed by atoms with Gasteiger partial charge in [-0.05, 0) is 31.0 Å². The van der Waals surface area contributed by atoms with E-state index in [9.17, 15) is 9.59 Å². The largest absolute Gasteiger partial charge is 0.326 e. The maximum absolute atomic E-state index is 12.5. The second-order valence-corrected chi connectivity index (χ2v) is 6.79. The minimum absolute atomic E-state index is 0.0298. The van der Waals surface area contributed by atoms with Crippen LogP contribution in [0.5, 0.6) is 0 Å². The number of hydrogen-bond donors (Lipinski definition) is 2. The maximum atomic E-state index is 12.5. The smallest absolute Gasteiger partial charge is 0.251 e. The molecule has 6 heteroatoms. The molecule has 2 heterocycles. The number of benzene rings is 2.